The summed E-state index contributed by atoms with van der Waals surface area (Å²) in [6, 6.07) is 4.19. The third-order valence-electron chi connectivity index (χ3n) is 1.51. The van der Waals surface area contributed by atoms with Gasteiger partial charge in [0.1, 0.15) is 0 Å². The van der Waals surface area contributed by atoms with Crippen molar-refractivity contribution in [1.82, 2.24) is 0 Å². The molecule has 0 saturated carbocycles. The highest BCUT2D eigenvalue weighted by Crippen LogP contribution is 2.26. The Kier molecular flexibility index (Phi) is 4.01. The molecule has 0 aromatic heterocycles. The van der Waals surface area contributed by atoms with Crippen LogP contribution < -0.4 is 4.72 Å². The summed E-state index contributed by atoms with van der Waals surface area (Å²) < 4.78 is 24.6. The predicted molar refractivity (Wildman–Crippen MR) is 61.5 cm³/mol. The summed E-state index contributed by atoms with van der Waals surface area (Å²) in [6.07, 6.45) is 0. The van der Waals surface area contributed by atoms with Crippen LogP contribution in [0, 0.1) is 0 Å². The topological polar surface area (TPSA) is 83.5 Å². The van der Waals surface area contributed by atoms with Crippen molar-refractivity contribution in [2.45, 2.75) is 0 Å². The lowest BCUT2D eigenvalue weighted by Crippen LogP contribution is -2.22. The number of carboxylic acid groups (broad SMARTS) is 1. The van der Waals surface area contributed by atoms with Gasteiger partial charge in [0.2, 0.25) is 10.0 Å². The number of nitrogens with one attached hydrogen (secondary N) is 1. The van der Waals surface area contributed by atoms with Crippen molar-refractivity contribution in [1.29, 1.82) is 0 Å². The molecule has 0 unspecified atom stereocenters. The van der Waals surface area contributed by atoms with Crippen LogP contribution in [-0.2, 0) is 14.8 Å². The van der Waals surface area contributed by atoms with E-state index >= 15 is 0 Å². The first-order valence-electron chi connectivity index (χ1n) is 3.97. The van der Waals surface area contributed by atoms with E-state index in [9.17, 15) is 13.2 Å². The number of benzene rings is 1. The molecule has 0 amide bonds. The fourth-order valence-electron chi connectivity index (χ4n) is 0.942. The average molecular weight is 284 g/mol. The molecular weight excluding hydrogens is 277 g/mol. The third kappa shape index (κ3) is 3.88. The Morgan fingerprint density at radius 2 is 2.00 bits per heavy atom. The van der Waals surface area contributed by atoms with Gasteiger partial charge in [-0.3, -0.25) is 9.52 Å². The van der Waals surface area contributed by atoms with Crippen LogP contribution in [0.15, 0.2) is 18.2 Å². The number of hydrogen-bond acceptors (Lipinski definition) is 3. The zero-order chi connectivity index (χ0) is 12.3. The highest BCUT2D eigenvalue weighted by Gasteiger charge is 2.16. The lowest BCUT2D eigenvalue weighted by Gasteiger charge is -2.07. The molecule has 8 heteroatoms. The van der Waals surface area contributed by atoms with Crippen molar-refractivity contribution in [3.05, 3.63) is 28.2 Å². The summed E-state index contributed by atoms with van der Waals surface area (Å²) in [5.74, 6) is -2.49. The van der Waals surface area contributed by atoms with Gasteiger partial charge in [-0.15, -0.1) is 0 Å². The SMILES string of the molecule is O=C(O)CS(=O)(=O)Nc1cc(Cl)ccc1Cl. The highest BCUT2D eigenvalue weighted by atomic mass is 35.5. The van der Waals surface area contributed by atoms with E-state index < -0.39 is 21.7 Å². The van der Waals surface area contributed by atoms with Gasteiger partial charge in [-0.05, 0) is 18.2 Å². The van der Waals surface area contributed by atoms with Gasteiger partial charge in [-0.1, -0.05) is 23.2 Å². The van der Waals surface area contributed by atoms with Crippen molar-refractivity contribution < 1.29 is 18.3 Å². The first-order valence-corrected chi connectivity index (χ1v) is 6.38. The van der Waals surface area contributed by atoms with Gasteiger partial charge in [-0.25, -0.2) is 8.42 Å². The molecule has 0 atom stereocenters. The minimum atomic E-state index is -3.97. The largest absolute Gasteiger partial charge is 0.480 e. The molecule has 1 rings (SSSR count). The van der Waals surface area contributed by atoms with Crippen LogP contribution in [0.3, 0.4) is 0 Å². The van der Waals surface area contributed by atoms with E-state index in [1.807, 2.05) is 4.72 Å². The molecule has 0 aliphatic carbocycles. The maximum Gasteiger partial charge on any atom is 0.320 e. The van der Waals surface area contributed by atoms with E-state index in [1.165, 1.54) is 18.2 Å². The summed E-state index contributed by atoms with van der Waals surface area (Å²) in [5, 5.41) is 8.80. The molecule has 0 aliphatic rings. The molecule has 0 aliphatic heterocycles. The van der Waals surface area contributed by atoms with Gasteiger partial charge in [0, 0.05) is 5.02 Å². The van der Waals surface area contributed by atoms with Crippen molar-refractivity contribution >= 4 is 44.9 Å². The summed E-state index contributed by atoms with van der Waals surface area (Å²) in [7, 11) is -3.97. The molecule has 0 bridgehead atoms. The number of carbonyl (C=O) groups is 1. The fourth-order valence-corrected chi connectivity index (χ4v) is 2.24. The fraction of sp³-hybridized carbons (Fsp3) is 0.125. The molecule has 0 heterocycles. The number of hydrogen-bond donors (Lipinski definition) is 2. The Balaban J connectivity index is 2.96. The van der Waals surface area contributed by atoms with Crippen molar-refractivity contribution in [2.75, 3.05) is 10.5 Å². The Hall–Kier alpha value is -0.980. The Bertz CT molecular complexity index is 515. The first kappa shape index (κ1) is 13.1. The molecule has 0 fully saturated rings. The maximum atomic E-state index is 11.3. The number of carboxylic acids is 1. The Morgan fingerprint density at radius 3 is 2.56 bits per heavy atom. The predicted octanol–water partition coefficient (Wildman–Crippen LogP) is 1.82. The highest BCUT2D eigenvalue weighted by molar-refractivity contribution is 7.93. The van der Waals surface area contributed by atoms with E-state index in [0.29, 0.717) is 0 Å². The second kappa shape index (κ2) is 4.90. The second-order valence-electron chi connectivity index (χ2n) is 2.88. The van der Waals surface area contributed by atoms with Crippen LogP contribution >= 0.6 is 23.2 Å². The van der Waals surface area contributed by atoms with E-state index in [4.69, 9.17) is 28.3 Å². The number of sulfonamides is 1. The van der Waals surface area contributed by atoms with Gasteiger partial charge < -0.3 is 5.11 Å². The lowest BCUT2D eigenvalue weighted by atomic mass is 10.3. The smallest absolute Gasteiger partial charge is 0.320 e. The summed E-state index contributed by atoms with van der Waals surface area (Å²) in [4.78, 5) is 10.3. The molecule has 0 spiro atoms. The summed E-state index contributed by atoms with van der Waals surface area (Å²) in [5.41, 5.74) is 0.0513. The zero-order valence-electron chi connectivity index (χ0n) is 7.78. The molecule has 1 aromatic carbocycles. The number of aliphatic carboxylic acids is 1. The van der Waals surface area contributed by atoms with Gasteiger partial charge >= 0.3 is 5.97 Å². The molecule has 5 nitrogen and oxygen atoms in total. The van der Waals surface area contributed by atoms with Gasteiger partial charge in [-0.2, -0.15) is 0 Å². The second-order valence-corrected chi connectivity index (χ2v) is 5.44. The van der Waals surface area contributed by atoms with E-state index in [2.05, 4.69) is 0 Å². The third-order valence-corrected chi connectivity index (χ3v) is 3.23. The van der Waals surface area contributed by atoms with Gasteiger partial charge in [0.05, 0.1) is 10.7 Å². The molecular formula is C8H7Cl2NO4S. The summed E-state index contributed by atoms with van der Waals surface area (Å²) >= 11 is 11.3. The van der Waals surface area contributed by atoms with Crippen LogP contribution in [0.4, 0.5) is 5.69 Å². The number of rotatable bonds is 4. The molecule has 0 radical (unpaired) electrons. The molecule has 88 valence electrons. The minimum Gasteiger partial charge on any atom is -0.480 e. The van der Waals surface area contributed by atoms with E-state index in [-0.39, 0.29) is 15.7 Å². The summed E-state index contributed by atoms with van der Waals surface area (Å²) in [6.45, 7) is 0. The average Bonchev–Trinajstić information content (AvgIpc) is 2.08. The normalized spacial score (nSPS) is 11.1. The zero-order valence-corrected chi connectivity index (χ0v) is 10.1. The van der Waals surface area contributed by atoms with E-state index in [1.54, 1.807) is 0 Å². The van der Waals surface area contributed by atoms with Crippen LogP contribution in [0.25, 0.3) is 0 Å². The van der Waals surface area contributed by atoms with Gasteiger partial charge in [0.15, 0.2) is 5.75 Å². The monoisotopic (exact) mass is 283 g/mol. The maximum absolute atomic E-state index is 11.3. The van der Waals surface area contributed by atoms with Crippen LogP contribution in [0.1, 0.15) is 0 Å². The Labute approximate surface area is 102 Å². The van der Waals surface area contributed by atoms with Gasteiger partial charge in [0.25, 0.3) is 0 Å². The van der Waals surface area contributed by atoms with E-state index in [0.717, 1.165) is 0 Å². The van der Waals surface area contributed by atoms with Crippen molar-refractivity contribution in [2.24, 2.45) is 0 Å². The molecule has 1 aromatic rings. The van der Waals surface area contributed by atoms with Crippen LogP contribution in [-0.4, -0.2) is 25.2 Å². The first-order chi connectivity index (χ1) is 7.30. The Morgan fingerprint density at radius 1 is 1.38 bits per heavy atom. The lowest BCUT2D eigenvalue weighted by molar-refractivity contribution is -0.134. The molecule has 0 saturated heterocycles. The number of halogens is 2. The quantitative estimate of drug-likeness (QED) is 0.883. The van der Waals surface area contributed by atoms with Crippen molar-refractivity contribution in [3.63, 3.8) is 0 Å². The molecule has 16 heavy (non-hydrogen) atoms. The van der Waals surface area contributed by atoms with Crippen LogP contribution in [0.2, 0.25) is 10.0 Å². The standard InChI is InChI=1S/C8H7Cl2NO4S/c9-5-1-2-6(10)7(3-5)11-16(14,15)4-8(12)13/h1-3,11H,4H2,(H,12,13). The van der Waals surface area contributed by atoms with Crippen LogP contribution in [0.5, 0.6) is 0 Å². The van der Waals surface area contributed by atoms with Crippen molar-refractivity contribution in [3.8, 4) is 0 Å². The molecule has 2 N–H and O–H groups in total. The number of anilines is 1. The minimum absolute atomic E-state index is 0.0513.